The molecule has 12 heteroatoms. The molecular formula is C70H121O11P. The predicted octanol–water partition coefficient (Wildman–Crippen LogP) is 20.4. The monoisotopic (exact) mass is 1170 g/mol. The zero-order chi connectivity index (χ0) is 59.8. The number of ether oxygens (including phenoxy) is 3. The summed E-state index contributed by atoms with van der Waals surface area (Å²) in [6.45, 7) is 4.50. The third-order valence-corrected chi connectivity index (χ3v) is 14.9. The molecule has 472 valence electrons. The number of phosphoric ester groups is 1. The van der Waals surface area contributed by atoms with Crippen LogP contribution in [0.1, 0.15) is 290 Å². The molecule has 0 aliphatic rings. The van der Waals surface area contributed by atoms with Gasteiger partial charge in [0.05, 0.1) is 19.8 Å². The number of aliphatic hydroxyl groups is 1. The summed E-state index contributed by atoms with van der Waals surface area (Å²) < 4.78 is 39.7. The number of esters is 3. The van der Waals surface area contributed by atoms with Crippen molar-refractivity contribution in [1.82, 2.24) is 0 Å². The fourth-order valence-electron chi connectivity index (χ4n) is 8.98. The van der Waals surface area contributed by atoms with Crippen LogP contribution in [0.4, 0.5) is 0 Å². The Morgan fingerprint density at radius 3 is 1.01 bits per heavy atom. The first-order valence-electron chi connectivity index (χ1n) is 33.1. The van der Waals surface area contributed by atoms with E-state index in [1.165, 1.54) is 109 Å². The maximum absolute atomic E-state index is 13.0. The highest BCUT2D eigenvalue weighted by molar-refractivity contribution is 7.47. The molecule has 0 aromatic heterocycles. The highest BCUT2D eigenvalue weighted by Crippen LogP contribution is 2.43. The molecule has 0 fully saturated rings. The maximum atomic E-state index is 13.0. The Morgan fingerprint density at radius 2 is 0.634 bits per heavy atom. The van der Waals surface area contributed by atoms with E-state index in [1.807, 2.05) is 0 Å². The van der Waals surface area contributed by atoms with Gasteiger partial charge in [-0.3, -0.25) is 23.4 Å². The van der Waals surface area contributed by atoms with E-state index in [0.717, 1.165) is 122 Å². The molecular weight excluding hydrogens is 1050 g/mol. The minimum atomic E-state index is -4.77. The van der Waals surface area contributed by atoms with Gasteiger partial charge in [-0.25, -0.2) is 4.57 Å². The predicted molar refractivity (Wildman–Crippen MR) is 344 cm³/mol. The summed E-state index contributed by atoms with van der Waals surface area (Å²) in [6.07, 6.45) is 76.4. The second-order valence-electron chi connectivity index (χ2n) is 21.9. The number of unbranched alkanes of at least 4 members (excludes halogenated alkanes) is 28. The van der Waals surface area contributed by atoms with Crippen molar-refractivity contribution in [3.05, 3.63) is 97.2 Å². The molecule has 0 spiro atoms. The number of aliphatic hydroxyl groups excluding tert-OH is 1. The van der Waals surface area contributed by atoms with Crippen LogP contribution in [0.3, 0.4) is 0 Å². The van der Waals surface area contributed by atoms with Crippen molar-refractivity contribution in [3.8, 4) is 0 Å². The van der Waals surface area contributed by atoms with Crippen molar-refractivity contribution in [2.24, 2.45) is 0 Å². The average Bonchev–Trinajstić information content (AvgIpc) is 3.47. The summed E-state index contributed by atoms with van der Waals surface area (Å²) in [5.41, 5.74) is 0. The van der Waals surface area contributed by atoms with Gasteiger partial charge in [0, 0.05) is 19.3 Å². The molecule has 0 aromatic carbocycles. The van der Waals surface area contributed by atoms with Crippen LogP contribution < -0.4 is 0 Å². The Kier molecular flexibility index (Phi) is 60.6. The van der Waals surface area contributed by atoms with Crippen LogP contribution in [-0.2, 0) is 42.2 Å². The Hall–Kier alpha value is -3.60. The molecule has 82 heavy (non-hydrogen) atoms. The number of hydrogen-bond acceptors (Lipinski definition) is 10. The molecule has 11 nitrogen and oxygen atoms in total. The first-order chi connectivity index (χ1) is 40.2. The first kappa shape index (κ1) is 78.4. The zero-order valence-electron chi connectivity index (χ0n) is 52.4. The SMILES string of the molecule is CC/C=C\C/C=C\C/C=C\C/C=C\C/C=C\CCCCCC(=O)OCC(COP(=O)(O)OCC(CO)OC(=O)CCCCCCCCCCCCCCCCCCC)OC(=O)CCCCCCCC/C=C\C/C=C\C/C=C\CCCCC. The zero-order valence-corrected chi connectivity index (χ0v) is 53.3. The van der Waals surface area contributed by atoms with Gasteiger partial charge in [0.25, 0.3) is 0 Å². The van der Waals surface area contributed by atoms with Gasteiger partial charge >= 0.3 is 25.7 Å². The molecule has 0 radical (unpaired) electrons. The molecule has 0 aliphatic heterocycles. The summed E-state index contributed by atoms with van der Waals surface area (Å²) in [5.74, 6) is -1.51. The van der Waals surface area contributed by atoms with Crippen LogP contribution in [-0.4, -0.2) is 66.5 Å². The van der Waals surface area contributed by atoms with Gasteiger partial charge in [-0.2, -0.15) is 0 Å². The molecule has 0 aromatic rings. The lowest BCUT2D eigenvalue weighted by molar-refractivity contribution is -0.161. The number of rotatable bonds is 61. The van der Waals surface area contributed by atoms with Crippen molar-refractivity contribution in [2.45, 2.75) is 303 Å². The van der Waals surface area contributed by atoms with E-state index in [1.54, 1.807) is 0 Å². The first-order valence-corrected chi connectivity index (χ1v) is 34.6. The Morgan fingerprint density at radius 1 is 0.354 bits per heavy atom. The second-order valence-corrected chi connectivity index (χ2v) is 23.4. The van der Waals surface area contributed by atoms with E-state index in [4.69, 9.17) is 23.3 Å². The molecule has 0 heterocycles. The van der Waals surface area contributed by atoms with Crippen LogP contribution >= 0.6 is 7.82 Å². The number of hydrogen-bond donors (Lipinski definition) is 2. The smallest absolute Gasteiger partial charge is 0.462 e. The van der Waals surface area contributed by atoms with Gasteiger partial charge < -0.3 is 24.2 Å². The number of allylic oxidation sites excluding steroid dienone is 16. The molecule has 0 saturated carbocycles. The van der Waals surface area contributed by atoms with Crippen molar-refractivity contribution in [2.75, 3.05) is 26.4 Å². The quantitative estimate of drug-likeness (QED) is 0.0197. The van der Waals surface area contributed by atoms with Crippen LogP contribution in [0.5, 0.6) is 0 Å². The highest BCUT2D eigenvalue weighted by Gasteiger charge is 2.28. The van der Waals surface area contributed by atoms with Gasteiger partial charge in [-0.05, 0) is 103 Å². The van der Waals surface area contributed by atoms with E-state index in [0.29, 0.717) is 19.3 Å². The summed E-state index contributed by atoms with van der Waals surface area (Å²) in [6, 6.07) is 0. The topological polar surface area (TPSA) is 155 Å². The molecule has 2 N–H and O–H groups in total. The van der Waals surface area contributed by atoms with Crippen LogP contribution in [0.25, 0.3) is 0 Å². The third-order valence-electron chi connectivity index (χ3n) is 14.0. The van der Waals surface area contributed by atoms with Gasteiger partial charge in [-0.1, -0.05) is 266 Å². The fraction of sp³-hybridized carbons (Fsp3) is 0.729. The largest absolute Gasteiger partial charge is 0.472 e. The average molecular weight is 1170 g/mol. The third kappa shape index (κ3) is 61.0. The van der Waals surface area contributed by atoms with Crippen LogP contribution in [0, 0.1) is 0 Å². The lowest BCUT2D eigenvalue weighted by Gasteiger charge is -2.21. The lowest BCUT2D eigenvalue weighted by atomic mass is 10.0. The van der Waals surface area contributed by atoms with Crippen molar-refractivity contribution in [3.63, 3.8) is 0 Å². The molecule has 0 saturated heterocycles. The molecule has 0 aliphatic carbocycles. The molecule has 3 atom stereocenters. The van der Waals surface area contributed by atoms with Crippen molar-refractivity contribution >= 4 is 25.7 Å². The van der Waals surface area contributed by atoms with Gasteiger partial charge in [-0.15, -0.1) is 0 Å². The number of phosphoric acid groups is 1. The van der Waals surface area contributed by atoms with Gasteiger partial charge in [0.2, 0.25) is 0 Å². The van der Waals surface area contributed by atoms with E-state index >= 15 is 0 Å². The maximum Gasteiger partial charge on any atom is 0.472 e. The van der Waals surface area contributed by atoms with E-state index in [-0.39, 0.29) is 25.9 Å². The van der Waals surface area contributed by atoms with E-state index < -0.39 is 57.8 Å². The molecule has 3 unspecified atom stereocenters. The van der Waals surface area contributed by atoms with Gasteiger partial charge in [0.1, 0.15) is 12.7 Å². The summed E-state index contributed by atoms with van der Waals surface area (Å²) >= 11 is 0. The number of carbonyl (C=O) groups is 3. The Labute approximate surface area is 502 Å². The molecule has 0 amide bonds. The van der Waals surface area contributed by atoms with Gasteiger partial charge in [0.15, 0.2) is 6.10 Å². The normalized spacial score (nSPS) is 13.9. The summed E-state index contributed by atoms with van der Waals surface area (Å²) in [7, 11) is -4.77. The standard InChI is InChI=1S/C70H121O11P/c1-4-7-10-13-16-19-22-25-28-31-33-36-38-41-44-47-50-53-56-59-68(72)77-63-67(81-70(74)61-58-55-52-49-46-43-40-37-34-32-29-26-23-20-17-14-11-8-5-2)65-79-82(75,76)78-64-66(62-71)80-69(73)60-57-54-51-48-45-42-39-35-30-27-24-21-18-15-12-9-6-3/h7,10,16-17,19-20,25-26,28-29,33-34,36-37,41,44,66-67,71H,4-6,8-9,11-15,18,21-24,27,30-32,35,38-40,42-43,45-65H2,1-3H3,(H,75,76)/b10-7-,19-16-,20-17-,28-25-,29-26-,36-33-,37-34-,44-41-. The van der Waals surface area contributed by atoms with E-state index in [2.05, 4.69) is 118 Å². The summed E-state index contributed by atoms with van der Waals surface area (Å²) in [4.78, 5) is 48.8. The summed E-state index contributed by atoms with van der Waals surface area (Å²) in [5, 5.41) is 9.87. The minimum absolute atomic E-state index is 0.142. The highest BCUT2D eigenvalue weighted by atomic mass is 31.2. The molecule has 0 bridgehead atoms. The van der Waals surface area contributed by atoms with Crippen molar-refractivity contribution in [1.29, 1.82) is 0 Å². The van der Waals surface area contributed by atoms with E-state index in [9.17, 15) is 28.9 Å². The van der Waals surface area contributed by atoms with Crippen molar-refractivity contribution < 1.29 is 52.2 Å². The minimum Gasteiger partial charge on any atom is -0.462 e. The number of carbonyl (C=O) groups excluding carboxylic acids is 3. The Balaban J connectivity index is 4.77. The second kappa shape index (κ2) is 63.4. The lowest BCUT2D eigenvalue weighted by Crippen LogP contribution is -2.30. The molecule has 0 rings (SSSR count). The Bertz CT molecular complexity index is 1750. The van der Waals surface area contributed by atoms with Crippen LogP contribution in [0.15, 0.2) is 97.2 Å². The fourth-order valence-corrected chi connectivity index (χ4v) is 9.76. The van der Waals surface area contributed by atoms with Crippen LogP contribution in [0.2, 0.25) is 0 Å².